The normalized spacial score (nSPS) is 19.6. The summed E-state index contributed by atoms with van der Waals surface area (Å²) in [5, 5.41) is 0.350. The van der Waals surface area contributed by atoms with Gasteiger partial charge in [-0.25, -0.2) is 0 Å². The largest absolute Gasteiger partial charge is 0.493 e. The van der Waals surface area contributed by atoms with Crippen molar-refractivity contribution in [3.63, 3.8) is 0 Å². The number of ether oxygens (including phenoxy) is 3. The summed E-state index contributed by atoms with van der Waals surface area (Å²) in [7, 11) is 1.52. The Morgan fingerprint density at radius 1 is 1.21 bits per heavy atom. The molecule has 0 unspecified atom stereocenters. The molecule has 0 N–H and O–H groups in total. The summed E-state index contributed by atoms with van der Waals surface area (Å²) >= 11 is 6.33. The number of hydrogen-bond acceptors (Lipinski definition) is 5. The Bertz CT molecular complexity index is 713. The van der Waals surface area contributed by atoms with Gasteiger partial charge in [0.2, 0.25) is 0 Å². The third kappa shape index (κ3) is 4.52. The Kier molecular flexibility index (Phi) is 7.02. The standard InChI is InChI=1S/C20H27ClN2O5/c1-3-10-28-18-15(21)12-14(13-17(18)26-2)19(24)22-6-8-23(9-7-22)20(25)16-5-4-11-27-16/h12-13,16H,3-11H2,1-2H3/t16-/m1/s1. The van der Waals surface area contributed by atoms with Crippen LogP contribution in [0, 0.1) is 0 Å². The van der Waals surface area contributed by atoms with Crippen molar-refractivity contribution in [3.8, 4) is 11.5 Å². The zero-order chi connectivity index (χ0) is 20.1. The monoisotopic (exact) mass is 410 g/mol. The highest BCUT2D eigenvalue weighted by Gasteiger charge is 2.31. The van der Waals surface area contributed by atoms with Crippen LogP contribution in [0.4, 0.5) is 0 Å². The van der Waals surface area contributed by atoms with E-state index in [2.05, 4.69) is 0 Å². The van der Waals surface area contributed by atoms with E-state index in [0.717, 1.165) is 19.3 Å². The number of benzene rings is 1. The highest BCUT2D eigenvalue weighted by Crippen LogP contribution is 2.37. The fraction of sp³-hybridized carbons (Fsp3) is 0.600. The Balaban J connectivity index is 1.64. The van der Waals surface area contributed by atoms with Crippen LogP contribution < -0.4 is 9.47 Å². The van der Waals surface area contributed by atoms with Gasteiger partial charge in [0.25, 0.3) is 11.8 Å². The van der Waals surface area contributed by atoms with E-state index in [4.69, 9.17) is 25.8 Å². The summed E-state index contributed by atoms with van der Waals surface area (Å²) in [6, 6.07) is 3.27. The van der Waals surface area contributed by atoms with Crippen molar-refractivity contribution in [3.05, 3.63) is 22.7 Å². The fourth-order valence-corrected chi connectivity index (χ4v) is 3.74. The molecular formula is C20H27ClN2O5. The van der Waals surface area contributed by atoms with Gasteiger partial charge in [-0.2, -0.15) is 0 Å². The van der Waals surface area contributed by atoms with E-state index in [1.54, 1.807) is 21.9 Å². The summed E-state index contributed by atoms with van der Waals surface area (Å²) in [6.07, 6.45) is 2.23. The predicted octanol–water partition coefficient (Wildman–Crippen LogP) is 2.60. The quantitative estimate of drug-likeness (QED) is 0.721. The van der Waals surface area contributed by atoms with Crippen LogP contribution in [0.25, 0.3) is 0 Å². The Morgan fingerprint density at radius 3 is 2.54 bits per heavy atom. The SMILES string of the molecule is CCCOc1c(Cl)cc(C(=O)N2CCN(C(=O)[C@H]3CCCO3)CC2)cc1OC. The van der Waals surface area contributed by atoms with Crippen LogP contribution in [0.2, 0.25) is 5.02 Å². The molecule has 2 aliphatic heterocycles. The van der Waals surface area contributed by atoms with Crippen LogP contribution in [0.1, 0.15) is 36.5 Å². The molecule has 0 radical (unpaired) electrons. The zero-order valence-electron chi connectivity index (χ0n) is 16.4. The Hall–Kier alpha value is -1.99. The van der Waals surface area contributed by atoms with E-state index in [0.29, 0.717) is 61.5 Å². The molecule has 7 nitrogen and oxygen atoms in total. The van der Waals surface area contributed by atoms with Gasteiger partial charge in [0.15, 0.2) is 11.5 Å². The minimum atomic E-state index is -0.319. The second kappa shape index (κ2) is 9.47. The van der Waals surface area contributed by atoms with Crippen molar-refractivity contribution in [2.45, 2.75) is 32.3 Å². The molecule has 0 bridgehead atoms. The molecule has 2 aliphatic rings. The third-order valence-corrected chi connectivity index (χ3v) is 5.29. The van der Waals surface area contributed by atoms with Crippen LogP contribution in [0.5, 0.6) is 11.5 Å². The number of halogens is 1. The number of carbonyl (C=O) groups is 2. The van der Waals surface area contributed by atoms with Crippen molar-refractivity contribution < 1.29 is 23.8 Å². The maximum absolute atomic E-state index is 12.9. The summed E-state index contributed by atoms with van der Waals surface area (Å²) in [5.41, 5.74) is 0.449. The average molecular weight is 411 g/mol. The van der Waals surface area contributed by atoms with Gasteiger partial charge >= 0.3 is 0 Å². The molecule has 8 heteroatoms. The number of piperazine rings is 1. The van der Waals surface area contributed by atoms with Crippen molar-refractivity contribution in [2.24, 2.45) is 0 Å². The lowest BCUT2D eigenvalue weighted by molar-refractivity contribution is -0.142. The number of methoxy groups -OCH3 is 1. The fourth-order valence-electron chi connectivity index (χ4n) is 3.48. The first-order valence-corrected chi connectivity index (χ1v) is 10.1. The highest BCUT2D eigenvalue weighted by molar-refractivity contribution is 6.32. The first-order valence-electron chi connectivity index (χ1n) is 9.75. The number of nitrogens with zero attached hydrogens (tertiary/aromatic N) is 2. The Morgan fingerprint density at radius 2 is 1.93 bits per heavy atom. The molecule has 0 spiro atoms. The molecule has 0 aliphatic carbocycles. The summed E-state index contributed by atoms with van der Waals surface area (Å²) in [4.78, 5) is 28.9. The predicted molar refractivity (Wildman–Crippen MR) is 105 cm³/mol. The van der Waals surface area contributed by atoms with Crippen LogP contribution in [0.15, 0.2) is 12.1 Å². The van der Waals surface area contributed by atoms with Crippen LogP contribution in [-0.2, 0) is 9.53 Å². The molecule has 2 heterocycles. The molecule has 2 amide bonds. The van der Waals surface area contributed by atoms with Crippen LogP contribution >= 0.6 is 11.6 Å². The van der Waals surface area contributed by atoms with Gasteiger partial charge in [-0.1, -0.05) is 18.5 Å². The Labute approximate surface area is 170 Å². The zero-order valence-corrected chi connectivity index (χ0v) is 17.2. The van der Waals surface area contributed by atoms with Gasteiger partial charge < -0.3 is 24.0 Å². The molecule has 28 heavy (non-hydrogen) atoms. The lowest BCUT2D eigenvalue weighted by Gasteiger charge is -2.35. The number of carbonyl (C=O) groups excluding carboxylic acids is 2. The topological polar surface area (TPSA) is 68.3 Å². The van der Waals surface area contributed by atoms with E-state index in [1.807, 2.05) is 6.92 Å². The number of hydrogen-bond donors (Lipinski definition) is 0. The molecule has 0 saturated carbocycles. The molecule has 1 aromatic carbocycles. The van der Waals surface area contributed by atoms with Crippen molar-refractivity contribution in [1.29, 1.82) is 0 Å². The highest BCUT2D eigenvalue weighted by atomic mass is 35.5. The van der Waals surface area contributed by atoms with Crippen molar-refractivity contribution in [2.75, 3.05) is 46.5 Å². The van der Waals surface area contributed by atoms with E-state index in [1.165, 1.54) is 7.11 Å². The van der Waals surface area contributed by atoms with Gasteiger partial charge in [0.1, 0.15) is 6.10 Å². The van der Waals surface area contributed by atoms with Crippen LogP contribution in [-0.4, -0.2) is 74.2 Å². The van der Waals surface area contributed by atoms with E-state index in [9.17, 15) is 9.59 Å². The lowest BCUT2D eigenvalue weighted by atomic mass is 10.1. The molecular weight excluding hydrogens is 384 g/mol. The minimum Gasteiger partial charge on any atom is -0.493 e. The molecule has 2 saturated heterocycles. The summed E-state index contributed by atoms with van der Waals surface area (Å²) in [6.45, 7) is 5.14. The maximum Gasteiger partial charge on any atom is 0.254 e. The summed E-state index contributed by atoms with van der Waals surface area (Å²) in [5.74, 6) is 0.796. The van der Waals surface area contributed by atoms with Gasteiger partial charge in [-0.05, 0) is 31.4 Å². The van der Waals surface area contributed by atoms with Crippen LogP contribution in [0.3, 0.4) is 0 Å². The molecule has 0 aromatic heterocycles. The maximum atomic E-state index is 12.9. The van der Waals surface area contributed by atoms with Crippen molar-refractivity contribution >= 4 is 23.4 Å². The van der Waals surface area contributed by atoms with E-state index < -0.39 is 0 Å². The smallest absolute Gasteiger partial charge is 0.254 e. The average Bonchev–Trinajstić information content (AvgIpc) is 3.26. The molecule has 2 fully saturated rings. The number of rotatable bonds is 6. The third-order valence-electron chi connectivity index (χ3n) is 5.01. The molecule has 154 valence electrons. The van der Waals surface area contributed by atoms with Gasteiger partial charge in [-0.3, -0.25) is 9.59 Å². The first kappa shape index (κ1) is 20.7. The van der Waals surface area contributed by atoms with E-state index in [-0.39, 0.29) is 17.9 Å². The molecule has 3 rings (SSSR count). The summed E-state index contributed by atoms with van der Waals surface area (Å²) < 4.78 is 16.5. The van der Waals surface area contributed by atoms with Gasteiger partial charge in [0, 0.05) is 38.3 Å². The molecule has 1 atom stereocenters. The molecule has 1 aromatic rings. The second-order valence-corrected chi connectivity index (χ2v) is 7.36. The lowest BCUT2D eigenvalue weighted by Crippen LogP contribution is -2.52. The number of amides is 2. The van der Waals surface area contributed by atoms with Gasteiger partial charge in [0.05, 0.1) is 18.7 Å². The van der Waals surface area contributed by atoms with E-state index >= 15 is 0 Å². The second-order valence-electron chi connectivity index (χ2n) is 6.96. The van der Waals surface area contributed by atoms with Crippen molar-refractivity contribution in [1.82, 2.24) is 9.80 Å². The minimum absolute atomic E-state index is 0.0340. The van der Waals surface area contributed by atoms with Gasteiger partial charge in [-0.15, -0.1) is 0 Å². The first-order chi connectivity index (χ1) is 13.5.